The second-order valence-corrected chi connectivity index (χ2v) is 25.7. The molecule has 0 atom stereocenters. The fourth-order valence-corrected chi connectivity index (χ4v) is 10.9. The molecule has 21 nitrogen and oxygen atoms in total. The zero-order chi connectivity index (χ0) is 71.6. The van der Waals surface area contributed by atoms with Crippen molar-refractivity contribution in [3.05, 3.63) is 71.8 Å². The molecular weight excluding hydrogens is 1270 g/mol. The lowest BCUT2D eigenvalue weighted by molar-refractivity contribution is -0.146. The molecule has 556 valence electrons. The molecule has 21 heteroatoms. The first kappa shape index (κ1) is 85.9. The maximum atomic E-state index is 12.8. The van der Waals surface area contributed by atoms with Crippen LogP contribution in [0.15, 0.2) is 60.7 Å². The van der Waals surface area contributed by atoms with Crippen LogP contribution in [-0.2, 0) is 85.8 Å². The van der Waals surface area contributed by atoms with Gasteiger partial charge in [-0.2, -0.15) is 0 Å². The lowest BCUT2D eigenvalue weighted by Crippen LogP contribution is -2.13. The Morgan fingerprint density at radius 3 is 0.960 bits per heavy atom. The van der Waals surface area contributed by atoms with Crippen LogP contribution < -0.4 is 9.47 Å². The molecule has 99 heavy (non-hydrogen) atoms. The van der Waals surface area contributed by atoms with Gasteiger partial charge in [-0.15, -0.1) is 0 Å². The summed E-state index contributed by atoms with van der Waals surface area (Å²) in [5, 5.41) is 0. The molecule has 1 fully saturated rings. The lowest BCUT2D eigenvalue weighted by atomic mass is 9.77. The fraction of sp³-hybridized carbons (Fsp3) is 0.692. The zero-order valence-electron chi connectivity index (χ0n) is 59.9. The molecule has 0 bridgehead atoms. The highest BCUT2D eigenvalue weighted by molar-refractivity contribution is 5.91. The third kappa shape index (κ3) is 47.4. The molecule has 0 saturated heterocycles. The van der Waals surface area contributed by atoms with E-state index in [1.54, 1.807) is 31.2 Å². The van der Waals surface area contributed by atoms with Gasteiger partial charge < -0.3 is 52.1 Å². The van der Waals surface area contributed by atoms with Gasteiger partial charge in [0, 0.05) is 56.9 Å². The Hall–Kier alpha value is -7.32. The number of benzene rings is 2. The first-order chi connectivity index (χ1) is 48.1. The van der Waals surface area contributed by atoms with Crippen LogP contribution in [0.1, 0.15) is 293 Å². The van der Waals surface area contributed by atoms with E-state index in [4.69, 9.17) is 52.1 Å². The van der Waals surface area contributed by atoms with Crippen LogP contribution in [-0.4, -0.2) is 126 Å². The maximum absolute atomic E-state index is 12.8. The molecule has 1 aliphatic carbocycles. The monoisotopic (exact) mass is 1390 g/mol. The van der Waals surface area contributed by atoms with Crippen molar-refractivity contribution in [3.63, 3.8) is 0 Å². The summed E-state index contributed by atoms with van der Waals surface area (Å²) in [6, 6.07) is 15.0. The molecule has 1 saturated carbocycles. The summed E-state index contributed by atoms with van der Waals surface area (Å²) in [5.74, 6) is -0.605. The van der Waals surface area contributed by atoms with Crippen LogP contribution in [0.5, 0.6) is 11.5 Å². The van der Waals surface area contributed by atoms with Crippen LogP contribution in [0.2, 0.25) is 0 Å². The van der Waals surface area contributed by atoms with Gasteiger partial charge in [-0.3, -0.25) is 38.4 Å². The summed E-state index contributed by atoms with van der Waals surface area (Å²) in [6.45, 7) is 10.2. The Labute approximate surface area is 589 Å². The number of carbonyl (C=O) groups is 10. The van der Waals surface area contributed by atoms with Gasteiger partial charge in [0.25, 0.3) is 0 Å². The van der Waals surface area contributed by atoms with Gasteiger partial charge in [-0.05, 0) is 241 Å². The maximum Gasteiger partial charge on any atom is 0.343 e. The third-order valence-electron chi connectivity index (χ3n) is 16.9. The largest absolute Gasteiger partial charge is 0.494 e. The first-order valence-electron chi connectivity index (χ1n) is 37.2. The van der Waals surface area contributed by atoms with E-state index < -0.39 is 11.9 Å². The minimum Gasteiger partial charge on any atom is -0.494 e. The average molecular weight is 1390 g/mol. The Kier molecular flexibility index (Phi) is 49.8. The molecular formula is C78H118O21. The van der Waals surface area contributed by atoms with Crippen molar-refractivity contribution < 1.29 is 100 Å². The molecule has 0 amide bonds. The molecule has 2 aromatic rings. The van der Waals surface area contributed by atoms with Crippen molar-refractivity contribution in [3.8, 4) is 11.5 Å². The molecule has 2 aromatic carbocycles. The van der Waals surface area contributed by atoms with Crippen LogP contribution >= 0.6 is 0 Å². The number of hydrogen-bond donors (Lipinski definition) is 0. The molecule has 1 aliphatic rings. The molecule has 0 radical (unpaired) electrons. The molecule has 0 N–H and O–H groups in total. The Morgan fingerprint density at radius 1 is 0.333 bits per heavy atom. The Balaban J connectivity index is 0.984. The van der Waals surface area contributed by atoms with Gasteiger partial charge in [0.05, 0.1) is 71.6 Å². The summed E-state index contributed by atoms with van der Waals surface area (Å²) in [6.07, 6.45) is 27.9. The van der Waals surface area contributed by atoms with Gasteiger partial charge >= 0.3 is 59.7 Å². The SMILES string of the molecule is C=C(C)C(=O)OCCCCCC(=O)OCCCCC(=O)OCCCCC(=O)OCCCCCC(=O)OCCCCC(=O)OCCCCCC(=O)OCCCCC(=O)OCCCCCC(=O)OCCCCCCOc1ccc(C(=O)Oc2ccc(C3CCC(CCCCC)CC3)cc2)cc1. The highest BCUT2D eigenvalue weighted by Crippen LogP contribution is 2.38. The van der Waals surface area contributed by atoms with Gasteiger partial charge in [-0.1, -0.05) is 51.3 Å². The topological polar surface area (TPSA) is 272 Å². The van der Waals surface area contributed by atoms with Crippen LogP contribution in [0.4, 0.5) is 0 Å². The molecule has 0 unspecified atom stereocenters. The van der Waals surface area contributed by atoms with Crippen molar-refractivity contribution in [1.82, 2.24) is 0 Å². The number of rotatable bonds is 60. The second kappa shape index (κ2) is 57.4. The average Bonchev–Trinajstić information content (AvgIpc) is 0.876. The summed E-state index contributed by atoms with van der Waals surface area (Å²) in [4.78, 5) is 121. The standard InChI is InChI=1S/C78H118O21/c1-4-5-12-31-63-40-42-64(43-41-63)65-44-50-68(51-45-65)99-78(88)66-46-48-67(49-47-66)89-52-21-6-7-22-53-90-69(79)32-13-8-23-54-91-73(83)36-17-27-57-94-70(80)33-14-9-24-55-92-74(84)37-18-28-58-95-71(81)34-15-10-25-56-93-75(85)38-19-30-60-97-76(86)39-20-29-59-96-72(82)35-16-11-26-61-98-77(87)62(2)3/h44-51,63-64H,2,4-43,52-61H2,1,3H3. The lowest BCUT2D eigenvalue weighted by Gasteiger charge is -2.29. The smallest absolute Gasteiger partial charge is 0.343 e. The predicted octanol–water partition coefficient (Wildman–Crippen LogP) is 16.1. The Morgan fingerprint density at radius 2 is 0.626 bits per heavy atom. The highest BCUT2D eigenvalue weighted by atomic mass is 16.6. The number of unbranched alkanes of at least 4 members (excludes halogenated alkanes) is 17. The molecule has 0 aliphatic heterocycles. The summed E-state index contributed by atoms with van der Waals surface area (Å²) in [5.41, 5.74) is 2.15. The summed E-state index contributed by atoms with van der Waals surface area (Å²) in [7, 11) is 0. The van der Waals surface area contributed by atoms with E-state index in [0.29, 0.717) is 164 Å². The van der Waals surface area contributed by atoms with Gasteiger partial charge in [-0.25, -0.2) is 9.59 Å². The minimum atomic E-state index is -0.420. The normalized spacial score (nSPS) is 13.3. The van der Waals surface area contributed by atoms with E-state index in [0.717, 1.165) is 44.4 Å². The number of carbonyl (C=O) groups excluding carboxylic acids is 10. The zero-order valence-corrected chi connectivity index (χ0v) is 59.9. The molecule has 0 spiro atoms. The van der Waals surface area contributed by atoms with Crippen molar-refractivity contribution in [2.45, 2.75) is 277 Å². The van der Waals surface area contributed by atoms with Crippen molar-refractivity contribution in [1.29, 1.82) is 0 Å². The fourth-order valence-electron chi connectivity index (χ4n) is 10.9. The molecule has 3 rings (SSSR count). The van der Waals surface area contributed by atoms with Crippen LogP contribution in [0, 0.1) is 5.92 Å². The van der Waals surface area contributed by atoms with E-state index in [1.165, 1.54) is 56.9 Å². The van der Waals surface area contributed by atoms with Crippen LogP contribution in [0.25, 0.3) is 0 Å². The van der Waals surface area contributed by atoms with Gasteiger partial charge in [0.2, 0.25) is 0 Å². The van der Waals surface area contributed by atoms with Gasteiger partial charge in [0.15, 0.2) is 0 Å². The first-order valence-corrected chi connectivity index (χ1v) is 37.2. The van der Waals surface area contributed by atoms with Crippen molar-refractivity contribution in [2.75, 3.05) is 66.1 Å². The number of hydrogen-bond acceptors (Lipinski definition) is 21. The Bertz CT molecular complexity index is 2590. The highest BCUT2D eigenvalue weighted by Gasteiger charge is 2.23. The van der Waals surface area contributed by atoms with E-state index in [-0.39, 0.29) is 146 Å². The number of ether oxygens (including phenoxy) is 11. The minimum absolute atomic E-state index is 0.203. The summed E-state index contributed by atoms with van der Waals surface area (Å²) >= 11 is 0. The third-order valence-corrected chi connectivity index (χ3v) is 16.9. The summed E-state index contributed by atoms with van der Waals surface area (Å²) < 4.78 is 58.7. The second-order valence-electron chi connectivity index (χ2n) is 25.7. The molecule has 0 heterocycles. The van der Waals surface area contributed by atoms with Gasteiger partial charge in [0.1, 0.15) is 11.5 Å². The van der Waals surface area contributed by atoms with E-state index in [9.17, 15) is 47.9 Å². The van der Waals surface area contributed by atoms with Crippen molar-refractivity contribution in [2.24, 2.45) is 5.92 Å². The molecule has 0 aromatic heterocycles. The van der Waals surface area contributed by atoms with E-state index in [1.807, 2.05) is 12.1 Å². The quantitative estimate of drug-likeness (QED) is 0.0196. The number of esters is 10. The van der Waals surface area contributed by atoms with E-state index >= 15 is 0 Å². The van der Waals surface area contributed by atoms with E-state index in [2.05, 4.69) is 25.6 Å². The van der Waals surface area contributed by atoms with Crippen molar-refractivity contribution >= 4 is 59.7 Å². The predicted molar refractivity (Wildman–Crippen MR) is 373 cm³/mol. The van der Waals surface area contributed by atoms with Crippen LogP contribution in [0.3, 0.4) is 0 Å².